The van der Waals surface area contributed by atoms with Gasteiger partial charge in [-0.3, -0.25) is 9.36 Å². The fraction of sp³-hybridized carbons (Fsp3) is 0.100. The van der Waals surface area contributed by atoms with Gasteiger partial charge in [0.1, 0.15) is 11.4 Å². The SMILES string of the molecule is C#Cc1c2ccccc2nn1C.C#Cc1nn(C)c2ccccc12. The van der Waals surface area contributed by atoms with Gasteiger partial charge in [0.15, 0.2) is 0 Å². The Hall–Kier alpha value is -3.50. The zero-order chi connectivity index (χ0) is 17.1. The van der Waals surface area contributed by atoms with Crippen molar-refractivity contribution in [3.63, 3.8) is 0 Å². The van der Waals surface area contributed by atoms with E-state index in [1.165, 1.54) is 0 Å². The summed E-state index contributed by atoms with van der Waals surface area (Å²) in [5.74, 6) is 5.18. The average molecular weight is 312 g/mol. The molecule has 4 rings (SSSR count). The Morgan fingerprint density at radius 3 is 2.17 bits per heavy atom. The Bertz CT molecular complexity index is 1090. The molecule has 0 radical (unpaired) electrons. The summed E-state index contributed by atoms with van der Waals surface area (Å²) in [6.07, 6.45) is 10.7. The van der Waals surface area contributed by atoms with E-state index in [0.29, 0.717) is 5.69 Å². The van der Waals surface area contributed by atoms with Gasteiger partial charge < -0.3 is 0 Å². The molecule has 0 N–H and O–H groups in total. The predicted molar refractivity (Wildman–Crippen MR) is 97.3 cm³/mol. The minimum Gasteiger partial charge on any atom is -0.267 e. The highest BCUT2D eigenvalue weighted by Gasteiger charge is 2.04. The molecule has 0 bridgehead atoms. The van der Waals surface area contributed by atoms with Gasteiger partial charge in [0.2, 0.25) is 0 Å². The fourth-order valence-corrected chi connectivity index (χ4v) is 2.64. The lowest BCUT2D eigenvalue weighted by molar-refractivity contribution is 0.769. The van der Waals surface area contributed by atoms with Gasteiger partial charge in [-0.2, -0.15) is 10.2 Å². The van der Waals surface area contributed by atoms with Gasteiger partial charge in [-0.1, -0.05) is 24.3 Å². The molecule has 4 aromatic rings. The highest BCUT2D eigenvalue weighted by atomic mass is 15.3. The van der Waals surface area contributed by atoms with E-state index < -0.39 is 0 Å². The molecular weight excluding hydrogens is 296 g/mol. The Kier molecular flexibility index (Phi) is 4.05. The number of hydrogen-bond acceptors (Lipinski definition) is 2. The molecule has 0 saturated heterocycles. The normalized spacial score (nSPS) is 10.0. The van der Waals surface area contributed by atoms with E-state index in [9.17, 15) is 0 Å². The first-order valence-corrected chi connectivity index (χ1v) is 7.42. The van der Waals surface area contributed by atoms with Crippen LogP contribution in [0.2, 0.25) is 0 Å². The number of para-hydroxylation sites is 1. The fourth-order valence-electron chi connectivity index (χ4n) is 2.64. The highest BCUT2D eigenvalue weighted by Crippen LogP contribution is 2.16. The van der Waals surface area contributed by atoms with Crippen molar-refractivity contribution in [2.45, 2.75) is 0 Å². The van der Waals surface area contributed by atoms with Crippen LogP contribution in [0, 0.1) is 24.7 Å². The van der Waals surface area contributed by atoms with Crippen molar-refractivity contribution in [3.05, 3.63) is 59.9 Å². The van der Waals surface area contributed by atoms with Crippen LogP contribution in [0.4, 0.5) is 0 Å². The molecule has 4 nitrogen and oxygen atoms in total. The molecule has 0 atom stereocenters. The third kappa shape index (κ3) is 2.62. The molecule has 0 aliphatic carbocycles. The van der Waals surface area contributed by atoms with Gasteiger partial charge in [0.05, 0.1) is 11.0 Å². The van der Waals surface area contributed by atoms with Crippen LogP contribution in [0.3, 0.4) is 0 Å². The number of nitrogens with zero attached hydrogens (tertiary/aromatic N) is 4. The lowest BCUT2D eigenvalue weighted by Crippen LogP contribution is -1.92. The quantitative estimate of drug-likeness (QED) is 0.468. The second kappa shape index (κ2) is 6.32. The standard InChI is InChI=1S/2C10H8N2/c1-3-10-8-6-4-5-7-9(8)11-12(10)2;1-3-9-8-6-4-5-7-10(8)12(2)11-9/h2*1,4-7H,2H3. The maximum atomic E-state index is 5.35. The summed E-state index contributed by atoms with van der Waals surface area (Å²) in [6.45, 7) is 0. The molecule has 0 fully saturated rings. The molecule has 4 heteroatoms. The summed E-state index contributed by atoms with van der Waals surface area (Å²) < 4.78 is 3.52. The van der Waals surface area contributed by atoms with Crippen molar-refractivity contribution in [1.29, 1.82) is 0 Å². The van der Waals surface area contributed by atoms with E-state index in [1.54, 1.807) is 9.36 Å². The Morgan fingerprint density at radius 2 is 1.46 bits per heavy atom. The maximum Gasteiger partial charge on any atom is 0.142 e. The van der Waals surface area contributed by atoms with Crippen molar-refractivity contribution in [2.24, 2.45) is 14.1 Å². The zero-order valence-corrected chi connectivity index (χ0v) is 13.6. The Balaban J connectivity index is 0.000000141. The second-order valence-corrected chi connectivity index (χ2v) is 5.27. The summed E-state index contributed by atoms with van der Waals surface area (Å²) in [7, 11) is 3.75. The number of terminal acetylenes is 2. The third-order valence-electron chi connectivity index (χ3n) is 3.77. The molecule has 0 unspecified atom stereocenters. The summed E-state index contributed by atoms with van der Waals surface area (Å²) in [5, 5.41) is 10.5. The predicted octanol–water partition coefficient (Wildman–Crippen LogP) is 3.11. The number of aromatic nitrogens is 4. The zero-order valence-electron chi connectivity index (χ0n) is 13.6. The molecule has 0 aliphatic rings. The van der Waals surface area contributed by atoms with E-state index in [1.807, 2.05) is 62.6 Å². The largest absolute Gasteiger partial charge is 0.267 e. The molecular formula is C20H16N4. The van der Waals surface area contributed by atoms with Crippen LogP contribution in [0.15, 0.2) is 48.5 Å². The summed E-state index contributed by atoms with van der Waals surface area (Å²) >= 11 is 0. The number of benzene rings is 2. The lowest BCUT2D eigenvalue weighted by atomic mass is 10.2. The smallest absolute Gasteiger partial charge is 0.142 e. The number of fused-ring (bicyclic) bond motifs is 2. The van der Waals surface area contributed by atoms with Crippen molar-refractivity contribution >= 4 is 21.8 Å². The van der Waals surface area contributed by atoms with Gasteiger partial charge in [0.25, 0.3) is 0 Å². The van der Waals surface area contributed by atoms with Crippen molar-refractivity contribution in [2.75, 3.05) is 0 Å². The molecule has 2 aromatic heterocycles. The van der Waals surface area contributed by atoms with E-state index in [0.717, 1.165) is 27.5 Å². The first-order chi connectivity index (χ1) is 11.7. The molecule has 0 amide bonds. The van der Waals surface area contributed by atoms with Crippen molar-refractivity contribution in [3.8, 4) is 24.7 Å². The third-order valence-corrected chi connectivity index (χ3v) is 3.77. The second-order valence-electron chi connectivity index (χ2n) is 5.27. The van der Waals surface area contributed by atoms with Crippen LogP contribution in [-0.4, -0.2) is 19.6 Å². The minimum absolute atomic E-state index is 0.716. The monoisotopic (exact) mass is 312 g/mol. The molecule has 0 spiro atoms. The van der Waals surface area contributed by atoms with Crippen LogP contribution in [-0.2, 0) is 14.1 Å². The summed E-state index contributed by atoms with van der Waals surface area (Å²) in [4.78, 5) is 0. The highest BCUT2D eigenvalue weighted by molar-refractivity contribution is 5.84. The molecule has 2 aromatic carbocycles. The van der Waals surface area contributed by atoms with E-state index in [4.69, 9.17) is 12.8 Å². The molecule has 2 heterocycles. The summed E-state index contributed by atoms with van der Waals surface area (Å²) in [5.41, 5.74) is 3.58. The van der Waals surface area contributed by atoms with E-state index in [-0.39, 0.29) is 0 Å². The topological polar surface area (TPSA) is 35.6 Å². The van der Waals surface area contributed by atoms with Gasteiger partial charge in [-0.15, -0.1) is 12.8 Å². The van der Waals surface area contributed by atoms with Gasteiger partial charge in [0, 0.05) is 24.9 Å². The van der Waals surface area contributed by atoms with Gasteiger partial charge >= 0.3 is 0 Å². The van der Waals surface area contributed by atoms with Crippen molar-refractivity contribution in [1.82, 2.24) is 19.6 Å². The number of rotatable bonds is 0. The first kappa shape index (κ1) is 15.4. The minimum atomic E-state index is 0.716. The molecule has 24 heavy (non-hydrogen) atoms. The Labute approximate surface area is 140 Å². The molecule has 0 aliphatic heterocycles. The van der Waals surface area contributed by atoms with Crippen LogP contribution < -0.4 is 0 Å². The lowest BCUT2D eigenvalue weighted by Gasteiger charge is -1.89. The van der Waals surface area contributed by atoms with Gasteiger partial charge in [-0.05, 0) is 36.1 Å². The molecule has 116 valence electrons. The van der Waals surface area contributed by atoms with Gasteiger partial charge in [-0.25, -0.2) is 0 Å². The number of hydrogen-bond donors (Lipinski definition) is 0. The summed E-state index contributed by atoms with van der Waals surface area (Å²) in [6, 6.07) is 15.8. The van der Waals surface area contributed by atoms with Crippen LogP contribution >= 0.6 is 0 Å². The average Bonchev–Trinajstić information content (AvgIpc) is 3.11. The van der Waals surface area contributed by atoms with Crippen LogP contribution in [0.1, 0.15) is 11.4 Å². The first-order valence-electron chi connectivity index (χ1n) is 7.42. The van der Waals surface area contributed by atoms with Crippen molar-refractivity contribution < 1.29 is 0 Å². The van der Waals surface area contributed by atoms with E-state index >= 15 is 0 Å². The van der Waals surface area contributed by atoms with Crippen LogP contribution in [0.25, 0.3) is 21.8 Å². The molecule has 0 saturated carbocycles. The van der Waals surface area contributed by atoms with Crippen LogP contribution in [0.5, 0.6) is 0 Å². The Morgan fingerprint density at radius 1 is 0.792 bits per heavy atom. The van der Waals surface area contributed by atoms with E-state index in [2.05, 4.69) is 22.0 Å². The number of aryl methyl sites for hydroxylation is 2. The maximum absolute atomic E-state index is 5.35.